The van der Waals surface area contributed by atoms with Gasteiger partial charge in [-0.3, -0.25) is 33.5 Å². The number of para-hydroxylation sites is 1. The Kier molecular flexibility index (Phi) is 9.35. The van der Waals surface area contributed by atoms with Crippen molar-refractivity contribution in [3.05, 3.63) is 88.2 Å². The van der Waals surface area contributed by atoms with Gasteiger partial charge in [-0.2, -0.15) is 5.10 Å². The van der Waals surface area contributed by atoms with Gasteiger partial charge >= 0.3 is 5.69 Å². The molecule has 5 aromatic rings. The van der Waals surface area contributed by atoms with Crippen molar-refractivity contribution in [2.75, 3.05) is 32.1 Å². The van der Waals surface area contributed by atoms with Crippen LogP contribution in [0.5, 0.6) is 5.75 Å². The molecule has 2 aromatic heterocycles. The topological polar surface area (TPSA) is 132 Å². The lowest BCUT2D eigenvalue weighted by Crippen LogP contribution is -2.44. The third-order valence-electron chi connectivity index (χ3n) is 11.6. The van der Waals surface area contributed by atoms with E-state index < -0.39 is 23.7 Å². The number of aryl methyl sites for hydroxylation is 1. The number of imide groups is 1. The third-order valence-corrected chi connectivity index (χ3v) is 11.6. The number of hydrogen-bond acceptors (Lipinski definition) is 7. The van der Waals surface area contributed by atoms with Crippen LogP contribution in [-0.4, -0.2) is 68.3 Å². The van der Waals surface area contributed by atoms with Gasteiger partial charge in [0.05, 0.1) is 41.0 Å². The molecule has 276 valence electrons. The van der Waals surface area contributed by atoms with E-state index in [2.05, 4.69) is 26.3 Å². The van der Waals surface area contributed by atoms with E-state index in [1.54, 1.807) is 28.3 Å². The molecule has 3 aromatic carbocycles. The summed E-state index contributed by atoms with van der Waals surface area (Å²) in [6.07, 6.45) is 8.86. The Morgan fingerprint density at radius 2 is 1.75 bits per heavy atom. The van der Waals surface area contributed by atoms with E-state index >= 15 is 0 Å². The summed E-state index contributed by atoms with van der Waals surface area (Å²) in [5.74, 6) is -0.442. The molecule has 1 saturated carbocycles. The summed E-state index contributed by atoms with van der Waals surface area (Å²) >= 11 is 0. The molecule has 3 fully saturated rings. The van der Waals surface area contributed by atoms with E-state index in [9.17, 15) is 23.6 Å². The van der Waals surface area contributed by atoms with Crippen LogP contribution in [0.1, 0.15) is 85.3 Å². The number of ether oxygens (including phenoxy) is 1. The number of aromatic nitrogens is 4. The SMILES string of the molecule is COc1cc2nn(C3CCC(CN4CCC(c5cccc6c5n(C)c(=O)n6C5CCC(=O)NC5=O)CC4)CC3)cc2cc1NC(=O)c1ccccc1F. The Balaban J connectivity index is 0.881. The van der Waals surface area contributed by atoms with Crippen molar-refractivity contribution in [3.8, 4) is 5.75 Å². The molecule has 2 aliphatic heterocycles. The van der Waals surface area contributed by atoms with Gasteiger partial charge in [-0.25, -0.2) is 9.18 Å². The second-order valence-electron chi connectivity index (χ2n) is 14.8. The minimum Gasteiger partial charge on any atom is -0.494 e. The largest absolute Gasteiger partial charge is 0.494 e. The first kappa shape index (κ1) is 34.8. The second kappa shape index (κ2) is 14.3. The number of hydrogen-bond donors (Lipinski definition) is 2. The number of anilines is 1. The van der Waals surface area contributed by atoms with Crippen molar-refractivity contribution >= 4 is 45.3 Å². The van der Waals surface area contributed by atoms with Crippen LogP contribution in [0.15, 0.2) is 65.6 Å². The molecule has 12 nitrogen and oxygen atoms in total. The minimum absolute atomic E-state index is 0.0311. The quantitative estimate of drug-likeness (QED) is 0.197. The van der Waals surface area contributed by atoms with E-state index in [4.69, 9.17) is 9.84 Å². The number of benzene rings is 3. The highest BCUT2D eigenvalue weighted by Gasteiger charge is 2.33. The molecular weight excluding hydrogens is 677 g/mol. The predicted molar refractivity (Wildman–Crippen MR) is 199 cm³/mol. The molecule has 3 aliphatic rings. The Hall–Kier alpha value is -5.30. The number of nitrogens with one attached hydrogen (secondary N) is 2. The molecule has 2 saturated heterocycles. The molecule has 0 spiro atoms. The van der Waals surface area contributed by atoms with Gasteiger partial charge in [0, 0.05) is 37.7 Å². The summed E-state index contributed by atoms with van der Waals surface area (Å²) in [6.45, 7) is 3.05. The molecule has 4 heterocycles. The molecule has 0 radical (unpaired) electrons. The van der Waals surface area contributed by atoms with Crippen molar-refractivity contribution in [2.24, 2.45) is 13.0 Å². The number of carbonyl (C=O) groups is 3. The summed E-state index contributed by atoms with van der Waals surface area (Å²) in [5, 5.41) is 11.0. The highest BCUT2D eigenvalue weighted by atomic mass is 19.1. The van der Waals surface area contributed by atoms with Gasteiger partial charge in [-0.15, -0.1) is 0 Å². The van der Waals surface area contributed by atoms with Crippen LogP contribution in [0, 0.1) is 11.7 Å². The van der Waals surface area contributed by atoms with Crippen molar-refractivity contribution < 1.29 is 23.5 Å². The van der Waals surface area contributed by atoms with E-state index in [0.29, 0.717) is 29.7 Å². The molecule has 1 aliphatic carbocycles. The average Bonchev–Trinajstić information content (AvgIpc) is 3.69. The number of methoxy groups -OCH3 is 1. The van der Waals surface area contributed by atoms with E-state index in [0.717, 1.165) is 85.7 Å². The molecule has 3 amide bonds. The number of halogens is 1. The van der Waals surface area contributed by atoms with Gasteiger partial charge < -0.3 is 15.0 Å². The van der Waals surface area contributed by atoms with Gasteiger partial charge in [-0.05, 0) is 99.7 Å². The number of piperidine rings is 2. The standard InChI is InChI=1S/C40H44FN7O5/c1-45-37-28(7-5-9-33(37)48(40(45)52)34-14-15-36(49)43-39(34)51)25-16-18-46(19-17-25)22-24-10-12-27(13-11-24)47-23-26-20-32(35(53-2)21-31(26)44-47)42-38(50)29-6-3-4-8-30(29)41/h3-9,20-21,23-25,27,34H,10-19,22H2,1-2H3,(H,42,50)(H,43,49,51). The summed E-state index contributed by atoms with van der Waals surface area (Å²) < 4.78 is 25.1. The molecular formula is C40H44FN7O5. The fourth-order valence-corrected chi connectivity index (χ4v) is 8.77. The van der Waals surface area contributed by atoms with Crippen LogP contribution in [0.4, 0.5) is 10.1 Å². The Morgan fingerprint density at radius 1 is 0.981 bits per heavy atom. The summed E-state index contributed by atoms with van der Waals surface area (Å²) in [6, 6.07) is 15.1. The minimum atomic E-state index is -0.688. The van der Waals surface area contributed by atoms with Gasteiger partial charge in [0.2, 0.25) is 11.8 Å². The zero-order valence-electron chi connectivity index (χ0n) is 30.0. The van der Waals surface area contributed by atoms with Gasteiger partial charge in [0.25, 0.3) is 5.91 Å². The lowest BCUT2D eigenvalue weighted by atomic mass is 9.84. The summed E-state index contributed by atoms with van der Waals surface area (Å²) in [5.41, 5.74) is 3.76. The van der Waals surface area contributed by atoms with E-state index in [1.165, 1.54) is 19.2 Å². The van der Waals surface area contributed by atoms with Gasteiger partial charge in [-0.1, -0.05) is 24.3 Å². The van der Waals surface area contributed by atoms with Crippen LogP contribution >= 0.6 is 0 Å². The highest BCUT2D eigenvalue weighted by Crippen LogP contribution is 2.38. The normalized spacial score (nSPS) is 21.6. The van der Waals surface area contributed by atoms with Gasteiger partial charge in [0.15, 0.2) is 0 Å². The van der Waals surface area contributed by atoms with Crippen LogP contribution in [0.3, 0.4) is 0 Å². The molecule has 53 heavy (non-hydrogen) atoms. The fourth-order valence-electron chi connectivity index (χ4n) is 8.77. The maximum absolute atomic E-state index is 14.2. The Morgan fingerprint density at radius 3 is 2.49 bits per heavy atom. The summed E-state index contributed by atoms with van der Waals surface area (Å²) in [4.78, 5) is 53.3. The Labute approximate surface area is 305 Å². The van der Waals surface area contributed by atoms with Crippen LogP contribution in [0.2, 0.25) is 0 Å². The molecule has 0 bridgehead atoms. The van der Waals surface area contributed by atoms with Gasteiger partial charge in [0.1, 0.15) is 17.6 Å². The average molecular weight is 722 g/mol. The zero-order chi connectivity index (χ0) is 36.8. The Bertz CT molecular complexity index is 2280. The number of nitrogens with zero attached hydrogens (tertiary/aromatic N) is 5. The fraction of sp³-hybridized carbons (Fsp3) is 0.425. The zero-order valence-corrected chi connectivity index (χ0v) is 30.0. The monoisotopic (exact) mass is 721 g/mol. The number of amides is 3. The second-order valence-corrected chi connectivity index (χ2v) is 14.8. The number of likely N-dealkylation sites (tertiary alicyclic amines) is 1. The van der Waals surface area contributed by atoms with Crippen molar-refractivity contribution in [1.29, 1.82) is 0 Å². The number of imidazole rings is 1. The first-order valence-corrected chi connectivity index (χ1v) is 18.6. The predicted octanol–water partition coefficient (Wildman–Crippen LogP) is 5.68. The van der Waals surface area contributed by atoms with Crippen LogP contribution in [0.25, 0.3) is 21.9 Å². The van der Waals surface area contributed by atoms with E-state index in [-0.39, 0.29) is 29.6 Å². The van der Waals surface area contributed by atoms with Crippen molar-refractivity contribution in [2.45, 2.75) is 69.4 Å². The lowest BCUT2D eigenvalue weighted by Gasteiger charge is -2.37. The third kappa shape index (κ3) is 6.62. The van der Waals surface area contributed by atoms with E-state index in [1.807, 2.05) is 30.5 Å². The lowest BCUT2D eigenvalue weighted by molar-refractivity contribution is -0.135. The molecule has 13 heteroatoms. The molecule has 1 unspecified atom stereocenters. The number of rotatable bonds is 8. The van der Waals surface area contributed by atoms with Crippen molar-refractivity contribution in [1.82, 2.24) is 29.1 Å². The first-order chi connectivity index (χ1) is 25.7. The smallest absolute Gasteiger partial charge is 0.329 e. The molecule has 8 rings (SSSR count). The molecule has 1 atom stereocenters. The first-order valence-electron chi connectivity index (χ1n) is 18.6. The maximum atomic E-state index is 14.2. The van der Waals surface area contributed by atoms with Crippen LogP contribution < -0.4 is 21.1 Å². The summed E-state index contributed by atoms with van der Waals surface area (Å²) in [7, 11) is 3.31. The van der Waals surface area contributed by atoms with Crippen molar-refractivity contribution in [3.63, 3.8) is 0 Å². The maximum Gasteiger partial charge on any atom is 0.329 e. The number of fused-ring (bicyclic) bond motifs is 2. The number of carbonyl (C=O) groups excluding carboxylic acids is 3. The van der Waals surface area contributed by atoms with Crippen LogP contribution in [-0.2, 0) is 16.6 Å². The highest BCUT2D eigenvalue weighted by molar-refractivity contribution is 6.06. The molecule has 2 N–H and O–H groups in total.